The molecular weight excluding hydrogens is 458 g/mol. The van der Waals surface area contributed by atoms with Crippen LogP contribution in [0.5, 0.6) is 11.5 Å². The zero-order chi connectivity index (χ0) is 25.0. The molecule has 2 aromatic carbocycles. The second-order valence-corrected chi connectivity index (χ2v) is 9.64. The molecule has 2 aliphatic rings. The van der Waals surface area contributed by atoms with Gasteiger partial charge < -0.3 is 19.4 Å². The number of hydrogen-bond acceptors (Lipinski definition) is 5. The Balaban J connectivity index is 1.45. The van der Waals surface area contributed by atoms with Crippen LogP contribution in [0, 0.1) is 0 Å². The van der Waals surface area contributed by atoms with E-state index in [0.717, 1.165) is 33.5 Å². The predicted octanol–water partition coefficient (Wildman–Crippen LogP) is 3.84. The number of hydrogen-bond donors (Lipinski definition) is 2. The van der Waals surface area contributed by atoms with Gasteiger partial charge in [0.25, 0.3) is 5.91 Å². The number of aromatic amines is 1. The Kier molecular flexibility index (Phi) is 5.03. The molecule has 0 radical (unpaired) electrons. The number of nitrogens with one attached hydrogen (secondary N) is 1. The Bertz CT molecular complexity index is 1480. The minimum Gasteiger partial charge on any atom is -0.508 e. The number of rotatable bonds is 6. The fourth-order valence-electron chi connectivity index (χ4n) is 5.69. The summed E-state index contributed by atoms with van der Waals surface area (Å²) in [4.78, 5) is 38.3. The highest BCUT2D eigenvalue weighted by molar-refractivity contribution is 6.08. The molecule has 2 aliphatic heterocycles. The van der Waals surface area contributed by atoms with E-state index in [0.29, 0.717) is 25.9 Å². The molecule has 36 heavy (non-hydrogen) atoms. The Morgan fingerprint density at radius 3 is 2.81 bits per heavy atom. The summed E-state index contributed by atoms with van der Waals surface area (Å²) in [5.41, 5.74) is 2.42. The molecule has 9 heteroatoms. The molecule has 0 bridgehead atoms. The normalized spacial score (nSPS) is 21.2. The molecular formula is C27H27N5O4. The molecule has 2 atom stereocenters. The highest BCUT2D eigenvalue weighted by atomic mass is 16.5. The van der Waals surface area contributed by atoms with Crippen LogP contribution in [0.2, 0.25) is 0 Å². The maximum absolute atomic E-state index is 13.9. The van der Waals surface area contributed by atoms with Gasteiger partial charge in [0.2, 0.25) is 0 Å². The third kappa shape index (κ3) is 3.26. The minimum absolute atomic E-state index is 0.106. The van der Waals surface area contributed by atoms with Crippen LogP contribution in [0.25, 0.3) is 10.9 Å². The van der Waals surface area contributed by atoms with E-state index in [2.05, 4.69) is 9.97 Å². The number of aromatic hydroxyl groups is 1. The minimum atomic E-state index is -1.06. The van der Waals surface area contributed by atoms with Crippen LogP contribution in [-0.2, 0) is 17.8 Å². The summed E-state index contributed by atoms with van der Waals surface area (Å²) >= 11 is 0. The first-order valence-corrected chi connectivity index (χ1v) is 12.0. The number of benzene rings is 2. The molecule has 1 fully saturated rings. The van der Waals surface area contributed by atoms with Crippen molar-refractivity contribution in [3.63, 3.8) is 0 Å². The number of H-pyrrole nitrogens is 1. The summed E-state index contributed by atoms with van der Waals surface area (Å²) < 4.78 is 7.39. The maximum atomic E-state index is 13.9. The number of methoxy groups -OCH3 is 1. The Morgan fingerprint density at radius 1 is 1.19 bits per heavy atom. The predicted molar refractivity (Wildman–Crippen MR) is 133 cm³/mol. The SMILES string of the molecule is COc1ccc2[nH]c3c(c2c1)CC1(C)C(=O)N(CCCn2ccnc2)C(=O)N1C3c1cccc(O)c1. The van der Waals surface area contributed by atoms with Crippen LogP contribution in [0.15, 0.2) is 61.2 Å². The van der Waals surface area contributed by atoms with Crippen molar-refractivity contribution in [1.29, 1.82) is 0 Å². The topological polar surface area (TPSA) is 104 Å². The van der Waals surface area contributed by atoms with E-state index >= 15 is 0 Å². The number of nitrogens with zero attached hydrogens (tertiary/aromatic N) is 4. The average Bonchev–Trinajstić information content (AvgIpc) is 3.56. The highest BCUT2D eigenvalue weighted by Gasteiger charge is 2.60. The van der Waals surface area contributed by atoms with Crippen LogP contribution in [0.4, 0.5) is 4.79 Å². The van der Waals surface area contributed by atoms with E-state index < -0.39 is 11.6 Å². The van der Waals surface area contributed by atoms with Gasteiger partial charge in [0, 0.05) is 48.5 Å². The first-order chi connectivity index (χ1) is 17.4. The Morgan fingerprint density at radius 2 is 2.06 bits per heavy atom. The smallest absolute Gasteiger partial charge is 0.328 e. The monoisotopic (exact) mass is 485 g/mol. The number of aromatic nitrogens is 3. The van der Waals surface area contributed by atoms with Gasteiger partial charge in [-0.05, 0) is 54.8 Å². The summed E-state index contributed by atoms with van der Waals surface area (Å²) in [7, 11) is 1.62. The third-order valence-corrected chi connectivity index (χ3v) is 7.42. The van der Waals surface area contributed by atoms with E-state index in [9.17, 15) is 14.7 Å². The lowest BCUT2D eigenvalue weighted by molar-refractivity contribution is -0.133. The Hall–Kier alpha value is -4.27. The molecule has 1 saturated heterocycles. The summed E-state index contributed by atoms with van der Waals surface area (Å²) in [5, 5.41) is 11.2. The van der Waals surface area contributed by atoms with Crippen LogP contribution < -0.4 is 4.74 Å². The summed E-state index contributed by atoms with van der Waals surface area (Å²) in [6.07, 6.45) is 6.30. The van der Waals surface area contributed by atoms with E-state index in [4.69, 9.17) is 4.74 Å². The van der Waals surface area contributed by atoms with Crippen molar-refractivity contribution >= 4 is 22.8 Å². The lowest BCUT2D eigenvalue weighted by atomic mass is 9.81. The summed E-state index contributed by atoms with van der Waals surface area (Å²) in [5.74, 6) is 0.626. The first-order valence-electron chi connectivity index (χ1n) is 12.0. The number of carbonyl (C=O) groups excluding carboxylic acids is 2. The van der Waals surface area contributed by atoms with Gasteiger partial charge in [-0.25, -0.2) is 9.78 Å². The van der Waals surface area contributed by atoms with Crippen LogP contribution >= 0.6 is 0 Å². The molecule has 3 amide bonds. The standard InChI is InChI=1S/C27H27N5O4/c1-27-15-21-20-14-19(36-2)7-8-22(20)29-23(21)24(17-5-3-6-18(33)13-17)32(27)26(35)31(25(27)34)11-4-10-30-12-9-28-16-30/h3,5-9,12-14,16,24,29,33H,4,10-11,15H2,1-2H3. The molecule has 4 aromatic rings. The van der Waals surface area contributed by atoms with E-state index in [1.807, 2.05) is 42.0 Å². The molecule has 0 spiro atoms. The summed E-state index contributed by atoms with van der Waals surface area (Å²) in [6.45, 7) is 2.82. The second-order valence-electron chi connectivity index (χ2n) is 9.64. The van der Waals surface area contributed by atoms with E-state index in [-0.39, 0.29) is 17.7 Å². The lowest BCUT2D eigenvalue weighted by Crippen LogP contribution is -2.53. The van der Waals surface area contributed by atoms with Crippen LogP contribution in [0.1, 0.15) is 36.2 Å². The van der Waals surface area contributed by atoms with Crippen molar-refractivity contribution < 1.29 is 19.4 Å². The van der Waals surface area contributed by atoms with Gasteiger partial charge in [-0.2, -0.15) is 0 Å². The van der Waals surface area contributed by atoms with Gasteiger partial charge in [0.05, 0.1) is 13.4 Å². The van der Waals surface area contributed by atoms with Crippen molar-refractivity contribution in [1.82, 2.24) is 24.3 Å². The van der Waals surface area contributed by atoms with Crippen molar-refractivity contribution in [3.05, 3.63) is 78.0 Å². The van der Waals surface area contributed by atoms with Gasteiger partial charge in [0.1, 0.15) is 23.1 Å². The van der Waals surface area contributed by atoms with Gasteiger partial charge in [-0.15, -0.1) is 0 Å². The number of phenols is 1. The first kappa shape index (κ1) is 22.2. The number of fused-ring (bicyclic) bond motifs is 4. The van der Waals surface area contributed by atoms with Gasteiger partial charge in [-0.1, -0.05) is 12.1 Å². The molecule has 2 unspecified atom stereocenters. The number of imidazole rings is 1. The molecule has 0 saturated carbocycles. The molecule has 184 valence electrons. The van der Waals surface area contributed by atoms with Gasteiger partial charge in [-0.3, -0.25) is 14.6 Å². The molecule has 0 aliphatic carbocycles. The molecule has 6 rings (SSSR count). The third-order valence-electron chi connectivity index (χ3n) is 7.42. The molecule has 2 N–H and O–H groups in total. The Labute approximate surface area is 207 Å². The molecule has 9 nitrogen and oxygen atoms in total. The number of imide groups is 1. The quantitative estimate of drug-likeness (QED) is 0.404. The van der Waals surface area contributed by atoms with Gasteiger partial charge >= 0.3 is 6.03 Å². The van der Waals surface area contributed by atoms with E-state index in [1.165, 1.54) is 4.90 Å². The maximum Gasteiger partial charge on any atom is 0.328 e. The van der Waals surface area contributed by atoms with Gasteiger partial charge in [0.15, 0.2) is 0 Å². The van der Waals surface area contributed by atoms with Crippen molar-refractivity contribution in [2.75, 3.05) is 13.7 Å². The second kappa shape index (κ2) is 8.15. The van der Waals surface area contributed by atoms with E-state index in [1.54, 1.807) is 42.7 Å². The number of urea groups is 1. The van der Waals surface area contributed by atoms with Crippen molar-refractivity contribution in [3.8, 4) is 11.5 Å². The number of aryl methyl sites for hydroxylation is 1. The average molecular weight is 486 g/mol. The van der Waals surface area contributed by atoms with Crippen molar-refractivity contribution in [2.45, 2.75) is 37.9 Å². The van der Waals surface area contributed by atoms with Crippen LogP contribution in [-0.4, -0.2) is 60.6 Å². The number of amides is 3. The highest BCUT2D eigenvalue weighted by Crippen LogP contribution is 2.49. The number of phenolic OH excluding ortho intramolecular Hbond substituents is 1. The molecule has 4 heterocycles. The zero-order valence-corrected chi connectivity index (χ0v) is 20.1. The van der Waals surface area contributed by atoms with Crippen molar-refractivity contribution in [2.24, 2.45) is 0 Å². The largest absolute Gasteiger partial charge is 0.508 e. The summed E-state index contributed by atoms with van der Waals surface area (Å²) in [6, 6.07) is 11.8. The fraction of sp³-hybridized carbons (Fsp3) is 0.296. The lowest BCUT2D eigenvalue weighted by Gasteiger charge is -2.42. The number of ether oxygens (including phenoxy) is 1. The molecule has 2 aromatic heterocycles. The fourth-order valence-corrected chi connectivity index (χ4v) is 5.69. The van der Waals surface area contributed by atoms with Crippen LogP contribution in [0.3, 0.4) is 0 Å². The number of carbonyl (C=O) groups is 2. The zero-order valence-electron chi connectivity index (χ0n) is 20.1.